The first-order chi connectivity index (χ1) is 9.44. The molecule has 0 unspecified atom stereocenters. The van der Waals surface area contributed by atoms with Gasteiger partial charge in [-0.15, -0.1) is 0 Å². The molecule has 0 spiro atoms. The van der Waals surface area contributed by atoms with Gasteiger partial charge < -0.3 is 15.7 Å². The van der Waals surface area contributed by atoms with Crippen LogP contribution < -0.4 is 10.6 Å². The van der Waals surface area contributed by atoms with Gasteiger partial charge in [0.1, 0.15) is 0 Å². The zero-order valence-electron chi connectivity index (χ0n) is 12.1. The van der Waals surface area contributed by atoms with Crippen LogP contribution in [-0.4, -0.2) is 24.3 Å². The highest BCUT2D eigenvalue weighted by molar-refractivity contribution is 6.31. The number of benzene rings is 1. The van der Waals surface area contributed by atoms with E-state index in [0.717, 1.165) is 18.4 Å². The van der Waals surface area contributed by atoms with E-state index in [2.05, 4.69) is 10.6 Å². The first-order valence-electron chi connectivity index (χ1n) is 6.80. The Morgan fingerprint density at radius 3 is 2.65 bits per heavy atom. The van der Waals surface area contributed by atoms with Gasteiger partial charge in [-0.2, -0.15) is 0 Å². The summed E-state index contributed by atoms with van der Waals surface area (Å²) in [5, 5.41) is 15.3. The van der Waals surface area contributed by atoms with Crippen LogP contribution in [0.15, 0.2) is 24.3 Å². The van der Waals surface area contributed by atoms with Crippen LogP contribution in [0.2, 0.25) is 5.02 Å². The Kier molecular flexibility index (Phi) is 6.82. The van der Waals surface area contributed by atoms with Crippen LogP contribution in [0.5, 0.6) is 0 Å². The minimum atomic E-state index is -0.202. The number of aliphatic hydroxyl groups excluding tert-OH is 1. The highest BCUT2D eigenvalue weighted by atomic mass is 35.5. The van der Waals surface area contributed by atoms with Crippen molar-refractivity contribution < 1.29 is 9.90 Å². The third-order valence-electron chi connectivity index (χ3n) is 3.14. The molecule has 0 aliphatic carbocycles. The lowest BCUT2D eigenvalue weighted by molar-refractivity contribution is 0.148. The van der Waals surface area contributed by atoms with Crippen molar-refractivity contribution in [2.75, 3.05) is 13.2 Å². The van der Waals surface area contributed by atoms with Crippen LogP contribution in [-0.2, 0) is 6.54 Å². The fourth-order valence-corrected chi connectivity index (χ4v) is 1.93. The molecule has 0 radical (unpaired) electrons. The molecule has 112 valence electrons. The number of carbonyl (C=O) groups excluding carboxylic acids is 1. The Labute approximate surface area is 125 Å². The Bertz CT molecular complexity index is 436. The maximum Gasteiger partial charge on any atom is 0.315 e. The molecule has 0 saturated heterocycles. The van der Waals surface area contributed by atoms with Gasteiger partial charge in [0.25, 0.3) is 0 Å². The Morgan fingerprint density at radius 2 is 2.00 bits per heavy atom. The lowest BCUT2D eigenvalue weighted by Crippen LogP contribution is -2.36. The minimum absolute atomic E-state index is 0.0876. The number of nitrogens with one attached hydrogen (secondary N) is 2. The Morgan fingerprint density at radius 1 is 1.30 bits per heavy atom. The summed E-state index contributed by atoms with van der Waals surface area (Å²) in [5.74, 6) is 0. The van der Waals surface area contributed by atoms with Gasteiger partial charge >= 0.3 is 6.03 Å². The molecule has 0 bridgehead atoms. The SMILES string of the molecule is CC(C)(CO)CCCNC(=O)NCc1ccccc1Cl. The Balaban J connectivity index is 2.20. The number of urea groups is 1. The number of aliphatic hydroxyl groups is 1. The second-order valence-corrected chi connectivity index (χ2v) is 6.03. The largest absolute Gasteiger partial charge is 0.396 e. The number of hydrogen-bond donors (Lipinski definition) is 3. The lowest BCUT2D eigenvalue weighted by atomic mass is 9.89. The predicted octanol–water partition coefficient (Wildman–Crippen LogP) is 2.94. The smallest absolute Gasteiger partial charge is 0.315 e. The van der Waals surface area contributed by atoms with Crippen molar-refractivity contribution in [3.63, 3.8) is 0 Å². The molecular formula is C15H23ClN2O2. The van der Waals surface area contributed by atoms with Gasteiger partial charge in [-0.1, -0.05) is 43.6 Å². The van der Waals surface area contributed by atoms with Gasteiger partial charge in [-0.05, 0) is 29.9 Å². The van der Waals surface area contributed by atoms with Crippen LogP contribution in [0.1, 0.15) is 32.3 Å². The third kappa shape index (κ3) is 6.26. The standard InChI is InChI=1S/C15H23ClN2O2/c1-15(2,11-19)8-5-9-17-14(20)18-10-12-6-3-4-7-13(12)16/h3-4,6-7,19H,5,8-11H2,1-2H3,(H2,17,18,20). The normalized spacial score (nSPS) is 11.2. The van der Waals surface area contributed by atoms with Crippen molar-refractivity contribution in [2.24, 2.45) is 5.41 Å². The van der Waals surface area contributed by atoms with E-state index < -0.39 is 0 Å². The highest BCUT2D eigenvalue weighted by Crippen LogP contribution is 2.20. The van der Waals surface area contributed by atoms with Gasteiger partial charge in [0.15, 0.2) is 0 Å². The van der Waals surface area contributed by atoms with E-state index in [-0.39, 0.29) is 18.1 Å². The topological polar surface area (TPSA) is 61.4 Å². The molecule has 4 nitrogen and oxygen atoms in total. The fourth-order valence-electron chi connectivity index (χ4n) is 1.73. The van der Waals surface area contributed by atoms with E-state index in [9.17, 15) is 4.79 Å². The summed E-state index contributed by atoms with van der Waals surface area (Å²) in [5.41, 5.74) is 0.807. The van der Waals surface area contributed by atoms with Gasteiger partial charge in [0.2, 0.25) is 0 Å². The van der Waals surface area contributed by atoms with Crippen LogP contribution >= 0.6 is 11.6 Å². The maximum absolute atomic E-state index is 11.6. The second kappa shape index (κ2) is 8.12. The molecule has 1 rings (SSSR count). The summed E-state index contributed by atoms with van der Waals surface area (Å²) >= 11 is 6.01. The molecule has 2 amide bonds. The monoisotopic (exact) mass is 298 g/mol. The number of amides is 2. The van der Waals surface area contributed by atoms with Crippen LogP contribution in [0.3, 0.4) is 0 Å². The summed E-state index contributed by atoms with van der Waals surface area (Å²) in [6.07, 6.45) is 1.71. The average Bonchev–Trinajstić information content (AvgIpc) is 2.43. The van der Waals surface area contributed by atoms with Crippen molar-refractivity contribution in [1.82, 2.24) is 10.6 Å². The number of rotatable bonds is 7. The third-order valence-corrected chi connectivity index (χ3v) is 3.51. The van der Waals surface area contributed by atoms with E-state index >= 15 is 0 Å². The number of hydrogen-bond acceptors (Lipinski definition) is 2. The Hall–Kier alpha value is -1.26. The molecule has 20 heavy (non-hydrogen) atoms. The molecule has 0 aliphatic rings. The molecular weight excluding hydrogens is 276 g/mol. The zero-order chi connectivity index (χ0) is 15.0. The van der Waals surface area contributed by atoms with E-state index in [4.69, 9.17) is 16.7 Å². The van der Waals surface area contributed by atoms with Crippen molar-refractivity contribution in [3.8, 4) is 0 Å². The molecule has 0 aliphatic heterocycles. The van der Waals surface area contributed by atoms with E-state index in [1.54, 1.807) is 6.07 Å². The van der Waals surface area contributed by atoms with Crippen LogP contribution in [0.4, 0.5) is 4.79 Å². The van der Waals surface area contributed by atoms with Gasteiger partial charge in [0.05, 0.1) is 0 Å². The van der Waals surface area contributed by atoms with Gasteiger partial charge in [0, 0.05) is 24.7 Å². The van der Waals surface area contributed by atoms with E-state index in [1.165, 1.54) is 0 Å². The van der Waals surface area contributed by atoms with E-state index in [0.29, 0.717) is 18.1 Å². The molecule has 1 aromatic rings. The molecule has 3 N–H and O–H groups in total. The molecule has 0 fully saturated rings. The minimum Gasteiger partial charge on any atom is -0.396 e. The van der Waals surface area contributed by atoms with E-state index in [1.807, 2.05) is 32.0 Å². The molecule has 0 saturated carbocycles. The lowest BCUT2D eigenvalue weighted by Gasteiger charge is -2.21. The summed E-state index contributed by atoms with van der Waals surface area (Å²) in [6, 6.07) is 7.22. The van der Waals surface area contributed by atoms with Gasteiger partial charge in [-0.25, -0.2) is 4.79 Å². The molecule has 0 heterocycles. The predicted molar refractivity (Wildman–Crippen MR) is 81.8 cm³/mol. The summed E-state index contributed by atoms with van der Waals surface area (Å²) in [7, 11) is 0. The van der Waals surface area contributed by atoms with Crippen LogP contribution in [0.25, 0.3) is 0 Å². The molecule has 0 aromatic heterocycles. The first-order valence-corrected chi connectivity index (χ1v) is 7.18. The number of halogens is 1. The van der Waals surface area contributed by atoms with Crippen molar-refractivity contribution in [3.05, 3.63) is 34.9 Å². The van der Waals surface area contributed by atoms with Gasteiger partial charge in [-0.3, -0.25) is 0 Å². The molecule has 1 aromatic carbocycles. The first kappa shape index (κ1) is 16.8. The fraction of sp³-hybridized carbons (Fsp3) is 0.533. The number of carbonyl (C=O) groups is 1. The quantitative estimate of drug-likeness (QED) is 0.678. The van der Waals surface area contributed by atoms with Crippen LogP contribution in [0, 0.1) is 5.41 Å². The van der Waals surface area contributed by atoms with Crippen molar-refractivity contribution in [2.45, 2.75) is 33.2 Å². The summed E-state index contributed by atoms with van der Waals surface area (Å²) in [6.45, 7) is 5.17. The molecule has 0 atom stereocenters. The zero-order valence-corrected chi connectivity index (χ0v) is 12.8. The summed E-state index contributed by atoms with van der Waals surface area (Å²) in [4.78, 5) is 11.6. The van der Waals surface area contributed by atoms with Crippen molar-refractivity contribution in [1.29, 1.82) is 0 Å². The van der Waals surface area contributed by atoms with Crippen molar-refractivity contribution >= 4 is 17.6 Å². The highest BCUT2D eigenvalue weighted by Gasteiger charge is 2.15. The maximum atomic E-state index is 11.6. The molecule has 5 heteroatoms. The summed E-state index contributed by atoms with van der Waals surface area (Å²) < 4.78 is 0. The average molecular weight is 299 g/mol. The second-order valence-electron chi connectivity index (χ2n) is 5.63.